The molecule has 0 bridgehead atoms. The molecule has 0 saturated heterocycles. The van der Waals surface area contributed by atoms with Gasteiger partial charge in [-0.15, -0.1) is 0 Å². The fourth-order valence-electron chi connectivity index (χ4n) is 1.61. The molecule has 0 unspecified atom stereocenters. The zero-order valence-corrected chi connectivity index (χ0v) is 11.5. The highest BCUT2D eigenvalue weighted by molar-refractivity contribution is 7.89. The SMILES string of the molecule is Cc1cccc(COc2ccc(S(N)(=O)=O)cc2F)n1. The van der Waals surface area contributed by atoms with Gasteiger partial charge in [0.15, 0.2) is 11.6 Å². The molecule has 0 aliphatic carbocycles. The van der Waals surface area contributed by atoms with E-state index in [0.29, 0.717) is 5.69 Å². The van der Waals surface area contributed by atoms with E-state index in [1.807, 2.05) is 19.1 Å². The van der Waals surface area contributed by atoms with Crippen molar-refractivity contribution in [3.63, 3.8) is 0 Å². The minimum absolute atomic E-state index is 0.0549. The van der Waals surface area contributed by atoms with E-state index in [-0.39, 0.29) is 17.3 Å². The molecule has 2 rings (SSSR count). The number of benzene rings is 1. The first-order chi connectivity index (χ1) is 9.36. The Bertz CT molecular complexity index is 732. The van der Waals surface area contributed by atoms with Crippen molar-refractivity contribution in [1.29, 1.82) is 0 Å². The van der Waals surface area contributed by atoms with E-state index in [1.54, 1.807) is 6.07 Å². The van der Waals surface area contributed by atoms with Gasteiger partial charge in [-0.1, -0.05) is 6.07 Å². The lowest BCUT2D eigenvalue weighted by Gasteiger charge is -2.08. The van der Waals surface area contributed by atoms with Gasteiger partial charge in [0.25, 0.3) is 0 Å². The molecule has 0 spiro atoms. The third-order valence-corrected chi connectivity index (χ3v) is 3.46. The second-order valence-electron chi connectivity index (χ2n) is 4.20. The smallest absolute Gasteiger partial charge is 0.238 e. The molecular weight excluding hydrogens is 283 g/mol. The number of nitrogens with two attached hydrogens (primary N) is 1. The molecule has 20 heavy (non-hydrogen) atoms. The van der Waals surface area contributed by atoms with Crippen molar-refractivity contribution in [3.8, 4) is 5.75 Å². The topological polar surface area (TPSA) is 82.3 Å². The Morgan fingerprint density at radius 2 is 2.05 bits per heavy atom. The molecule has 1 aromatic heterocycles. The minimum Gasteiger partial charge on any atom is -0.484 e. The van der Waals surface area contributed by atoms with Gasteiger partial charge in [0.1, 0.15) is 6.61 Å². The van der Waals surface area contributed by atoms with E-state index in [0.717, 1.165) is 11.8 Å². The molecule has 2 aromatic rings. The Morgan fingerprint density at radius 3 is 2.65 bits per heavy atom. The lowest BCUT2D eigenvalue weighted by molar-refractivity contribution is 0.285. The summed E-state index contributed by atoms with van der Waals surface area (Å²) in [6, 6.07) is 8.66. The minimum atomic E-state index is -3.92. The zero-order chi connectivity index (χ0) is 14.8. The number of nitrogens with zero attached hydrogens (tertiary/aromatic N) is 1. The summed E-state index contributed by atoms with van der Waals surface area (Å²) in [5.41, 5.74) is 1.48. The van der Waals surface area contributed by atoms with Crippen LogP contribution in [0.5, 0.6) is 5.75 Å². The highest BCUT2D eigenvalue weighted by Crippen LogP contribution is 2.21. The Morgan fingerprint density at radius 1 is 1.30 bits per heavy atom. The molecule has 0 aliphatic heterocycles. The number of ether oxygens (including phenoxy) is 1. The highest BCUT2D eigenvalue weighted by atomic mass is 32.2. The highest BCUT2D eigenvalue weighted by Gasteiger charge is 2.12. The number of hydrogen-bond donors (Lipinski definition) is 1. The molecule has 1 heterocycles. The monoisotopic (exact) mass is 296 g/mol. The molecule has 2 N–H and O–H groups in total. The lowest BCUT2D eigenvalue weighted by Crippen LogP contribution is -2.12. The van der Waals surface area contributed by atoms with Crippen molar-refractivity contribution in [3.05, 3.63) is 53.6 Å². The molecule has 0 atom stereocenters. The van der Waals surface area contributed by atoms with Crippen LogP contribution >= 0.6 is 0 Å². The fourth-order valence-corrected chi connectivity index (χ4v) is 2.13. The molecule has 0 radical (unpaired) electrons. The second kappa shape index (κ2) is 5.56. The number of aromatic nitrogens is 1. The fraction of sp³-hybridized carbons (Fsp3) is 0.154. The maximum absolute atomic E-state index is 13.7. The third kappa shape index (κ3) is 3.52. The van der Waals surface area contributed by atoms with Gasteiger partial charge < -0.3 is 4.74 Å². The van der Waals surface area contributed by atoms with E-state index >= 15 is 0 Å². The number of pyridine rings is 1. The summed E-state index contributed by atoms with van der Waals surface area (Å²) in [6.07, 6.45) is 0. The summed E-state index contributed by atoms with van der Waals surface area (Å²) in [4.78, 5) is 3.92. The summed E-state index contributed by atoms with van der Waals surface area (Å²) < 4.78 is 41.1. The van der Waals surface area contributed by atoms with Crippen LogP contribution in [-0.4, -0.2) is 13.4 Å². The van der Waals surface area contributed by atoms with Crippen LogP contribution in [0.2, 0.25) is 0 Å². The van der Waals surface area contributed by atoms with Crippen molar-refractivity contribution in [2.24, 2.45) is 5.14 Å². The summed E-state index contributed by atoms with van der Waals surface area (Å²) >= 11 is 0. The number of aryl methyl sites for hydroxylation is 1. The van der Waals surface area contributed by atoms with Crippen molar-refractivity contribution in [1.82, 2.24) is 4.98 Å². The van der Waals surface area contributed by atoms with Crippen LogP contribution in [-0.2, 0) is 16.6 Å². The predicted molar refractivity (Wildman–Crippen MR) is 71.1 cm³/mol. The van der Waals surface area contributed by atoms with Crippen LogP contribution < -0.4 is 9.88 Å². The van der Waals surface area contributed by atoms with Gasteiger partial charge in [-0.05, 0) is 37.3 Å². The molecule has 7 heteroatoms. The van der Waals surface area contributed by atoms with Crippen molar-refractivity contribution < 1.29 is 17.5 Å². The van der Waals surface area contributed by atoms with Crippen molar-refractivity contribution in [2.75, 3.05) is 0 Å². The first-order valence-electron chi connectivity index (χ1n) is 5.74. The van der Waals surface area contributed by atoms with Crippen molar-refractivity contribution in [2.45, 2.75) is 18.4 Å². The van der Waals surface area contributed by atoms with E-state index in [9.17, 15) is 12.8 Å². The molecule has 5 nitrogen and oxygen atoms in total. The zero-order valence-electron chi connectivity index (χ0n) is 10.7. The lowest BCUT2D eigenvalue weighted by atomic mass is 10.3. The van der Waals surface area contributed by atoms with Gasteiger partial charge in [-0.3, -0.25) is 4.98 Å². The van der Waals surface area contributed by atoms with Crippen molar-refractivity contribution >= 4 is 10.0 Å². The number of sulfonamides is 1. The van der Waals surface area contributed by atoms with Crippen LogP contribution in [0.15, 0.2) is 41.3 Å². The first-order valence-corrected chi connectivity index (χ1v) is 7.28. The van der Waals surface area contributed by atoms with Crippen LogP contribution in [0, 0.1) is 12.7 Å². The third-order valence-electron chi connectivity index (χ3n) is 2.55. The van der Waals surface area contributed by atoms with Crippen LogP contribution in [0.4, 0.5) is 4.39 Å². The molecule has 0 saturated carbocycles. The Hall–Kier alpha value is -1.99. The van der Waals surface area contributed by atoms with E-state index in [4.69, 9.17) is 9.88 Å². The van der Waals surface area contributed by atoms with E-state index < -0.39 is 15.8 Å². The molecule has 0 amide bonds. The quantitative estimate of drug-likeness (QED) is 0.932. The molecule has 0 fully saturated rings. The summed E-state index contributed by atoms with van der Waals surface area (Å²) in [6.45, 7) is 1.93. The van der Waals surface area contributed by atoms with Gasteiger partial charge in [0.2, 0.25) is 10.0 Å². The van der Waals surface area contributed by atoms with Crippen LogP contribution in [0.25, 0.3) is 0 Å². The van der Waals surface area contributed by atoms with Gasteiger partial charge >= 0.3 is 0 Å². The average molecular weight is 296 g/mol. The molecule has 106 valence electrons. The number of halogens is 1. The normalized spacial score (nSPS) is 11.3. The standard InChI is InChI=1S/C13H13FN2O3S/c1-9-3-2-4-10(16-9)8-19-13-6-5-11(7-12(13)14)20(15,17)18/h2-7H,8H2,1H3,(H2,15,17,18). The largest absolute Gasteiger partial charge is 0.484 e. The maximum Gasteiger partial charge on any atom is 0.238 e. The van der Waals surface area contributed by atoms with E-state index in [1.165, 1.54) is 12.1 Å². The van der Waals surface area contributed by atoms with Crippen LogP contribution in [0.1, 0.15) is 11.4 Å². The number of rotatable bonds is 4. The Balaban J connectivity index is 2.15. The van der Waals surface area contributed by atoms with Crippen LogP contribution in [0.3, 0.4) is 0 Å². The summed E-state index contributed by atoms with van der Waals surface area (Å²) in [5, 5.41) is 4.91. The van der Waals surface area contributed by atoms with Gasteiger partial charge in [-0.25, -0.2) is 17.9 Å². The Labute approximate surface area is 116 Å². The van der Waals surface area contributed by atoms with Gasteiger partial charge in [0.05, 0.1) is 10.6 Å². The molecule has 0 aliphatic rings. The Kier molecular flexibility index (Phi) is 4.01. The number of hydrogen-bond acceptors (Lipinski definition) is 4. The average Bonchev–Trinajstić information content (AvgIpc) is 2.36. The number of primary sulfonamides is 1. The summed E-state index contributed by atoms with van der Waals surface area (Å²) in [7, 11) is -3.92. The first kappa shape index (κ1) is 14.4. The second-order valence-corrected chi connectivity index (χ2v) is 5.76. The summed E-state index contributed by atoms with van der Waals surface area (Å²) in [5.74, 6) is -0.843. The van der Waals surface area contributed by atoms with Gasteiger partial charge in [0, 0.05) is 5.69 Å². The molecular formula is C13H13FN2O3S. The van der Waals surface area contributed by atoms with Gasteiger partial charge in [-0.2, -0.15) is 0 Å². The maximum atomic E-state index is 13.7. The molecule has 1 aromatic carbocycles. The predicted octanol–water partition coefficient (Wildman–Crippen LogP) is 1.76. The van der Waals surface area contributed by atoms with E-state index in [2.05, 4.69) is 4.98 Å².